The minimum absolute atomic E-state index is 0.428. The molecule has 0 saturated heterocycles. The molecule has 0 radical (unpaired) electrons. The first-order valence-electron chi connectivity index (χ1n) is 5.84. The van der Waals surface area contributed by atoms with Gasteiger partial charge in [0.1, 0.15) is 0 Å². The molecule has 1 nitrogen and oxygen atoms in total. The van der Waals surface area contributed by atoms with E-state index in [1.807, 2.05) is 6.08 Å². The number of nitrogens with one attached hydrogen (secondary N) is 1. The van der Waals surface area contributed by atoms with E-state index < -0.39 is 0 Å². The molecule has 0 aromatic heterocycles. The third-order valence-electron chi connectivity index (χ3n) is 2.66. The number of allylic oxidation sites excluding steroid dienone is 1. The summed E-state index contributed by atoms with van der Waals surface area (Å²) in [6, 6.07) is 8.92. The standard InChI is InChI=1S/C14H20BrN/c1-3-4-5-6-11-16-12(2)13-7-9-14(15)10-8-13/h3,7-10,12,16H,1,4-6,11H2,2H3/t12-/m0/s1. The topological polar surface area (TPSA) is 12.0 Å². The molecule has 0 bridgehead atoms. The number of benzene rings is 1. The highest BCUT2D eigenvalue weighted by atomic mass is 79.9. The number of hydrogen-bond acceptors (Lipinski definition) is 1. The van der Waals surface area contributed by atoms with E-state index in [0.29, 0.717) is 6.04 Å². The van der Waals surface area contributed by atoms with Crippen LogP contribution in [0, 0.1) is 0 Å². The molecular formula is C14H20BrN. The predicted molar refractivity (Wildman–Crippen MR) is 74.6 cm³/mol. The van der Waals surface area contributed by atoms with Crippen molar-refractivity contribution in [2.75, 3.05) is 6.54 Å². The Kier molecular flexibility index (Phi) is 6.43. The van der Waals surface area contributed by atoms with Gasteiger partial charge in [-0.2, -0.15) is 0 Å². The SMILES string of the molecule is C=CCCCCN[C@@H](C)c1ccc(Br)cc1. The maximum Gasteiger partial charge on any atom is 0.0291 e. The molecular weight excluding hydrogens is 262 g/mol. The zero-order chi connectivity index (χ0) is 11.8. The molecule has 0 aliphatic rings. The minimum atomic E-state index is 0.428. The number of unbranched alkanes of at least 4 members (excludes halogenated alkanes) is 2. The van der Waals surface area contributed by atoms with Crippen molar-refractivity contribution in [1.29, 1.82) is 0 Å². The Morgan fingerprint density at radius 2 is 2.00 bits per heavy atom. The Morgan fingerprint density at radius 1 is 1.31 bits per heavy atom. The van der Waals surface area contributed by atoms with Gasteiger partial charge in [0.2, 0.25) is 0 Å². The third kappa shape index (κ3) is 4.95. The molecule has 0 fully saturated rings. The van der Waals surface area contributed by atoms with E-state index in [1.54, 1.807) is 0 Å². The number of rotatable bonds is 7. The quantitative estimate of drug-likeness (QED) is 0.575. The molecule has 1 atom stereocenters. The van der Waals surface area contributed by atoms with Crippen molar-refractivity contribution in [3.05, 3.63) is 47.0 Å². The van der Waals surface area contributed by atoms with Crippen LogP contribution in [0.25, 0.3) is 0 Å². The summed E-state index contributed by atoms with van der Waals surface area (Å²) < 4.78 is 1.13. The Hall–Kier alpha value is -0.600. The van der Waals surface area contributed by atoms with Gasteiger partial charge in [0.05, 0.1) is 0 Å². The second-order valence-electron chi connectivity index (χ2n) is 4.01. The highest BCUT2D eigenvalue weighted by molar-refractivity contribution is 9.10. The molecule has 1 rings (SSSR count). The lowest BCUT2D eigenvalue weighted by Crippen LogP contribution is -2.19. The van der Waals surface area contributed by atoms with E-state index in [2.05, 4.69) is 59.0 Å². The van der Waals surface area contributed by atoms with Gasteiger partial charge < -0.3 is 5.32 Å². The fraction of sp³-hybridized carbons (Fsp3) is 0.429. The second kappa shape index (κ2) is 7.64. The molecule has 0 aliphatic heterocycles. The zero-order valence-corrected chi connectivity index (χ0v) is 11.5. The van der Waals surface area contributed by atoms with Crippen LogP contribution >= 0.6 is 15.9 Å². The summed E-state index contributed by atoms with van der Waals surface area (Å²) in [5.41, 5.74) is 1.34. The summed E-state index contributed by atoms with van der Waals surface area (Å²) in [6.45, 7) is 7.00. The molecule has 0 heterocycles. The lowest BCUT2D eigenvalue weighted by atomic mass is 10.1. The van der Waals surface area contributed by atoms with Gasteiger partial charge in [-0.1, -0.05) is 34.1 Å². The highest BCUT2D eigenvalue weighted by Gasteiger charge is 2.03. The molecule has 1 aromatic rings. The number of hydrogen-bond donors (Lipinski definition) is 1. The molecule has 0 saturated carbocycles. The Bertz CT molecular complexity index is 305. The number of halogens is 1. The zero-order valence-electron chi connectivity index (χ0n) is 9.88. The monoisotopic (exact) mass is 281 g/mol. The van der Waals surface area contributed by atoms with E-state index in [1.165, 1.54) is 18.4 Å². The lowest BCUT2D eigenvalue weighted by molar-refractivity contribution is 0.548. The van der Waals surface area contributed by atoms with Crippen LogP contribution in [0.1, 0.15) is 37.8 Å². The molecule has 1 aromatic carbocycles. The summed E-state index contributed by atoms with van der Waals surface area (Å²) in [6.07, 6.45) is 5.54. The van der Waals surface area contributed by atoms with Gasteiger partial charge >= 0.3 is 0 Å². The molecule has 2 heteroatoms. The van der Waals surface area contributed by atoms with Crippen molar-refractivity contribution in [1.82, 2.24) is 5.32 Å². The average molecular weight is 282 g/mol. The minimum Gasteiger partial charge on any atom is -0.310 e. The molecule has 1 N–H and O–H groups in total. The lowest BCUT2D eigenvalue weighted by Gasteiger charge is -2.14. The summed E-state index contributed by atoms with van der Waals surface area (Å²) in [7, 11) is 0. The van der Waals surface area contributed by atoms with Gasteiger partial charge in [-0.05, 0) is 50.4 Å². The van der Waals surface area contributed by atoms with Gasteiger partial charge in [-0.15, -0.1) is 6.58 Å². The highest BCUT2D eigenvalue weighted by Crippen LogP contribution is 2.16. The van der Waals surface area contributed by atoms with Crippen molar-refractivity contribution in [2.45, 2.75) is 32.2 Å². The van der Waals surface area contributed by atoms with Gasteiger partial charge in [0.25, 0.3) is 0 Å². The fourth-order valence-electron chi connectivity index (χ4n) is 1.60. The third-order valence-corrected chi connectivity index (χ3v) is 3.18. The van der Waals surface area contributed by atoms with E-state index in [-0.39, 0.29) is 0 Å². The Morgan fingerprint density at radius 3 is 2.62 bits per heavy atom. The van der Waals surface area contributed by atoms with Gasteiger partial charge in [-0.25, -0.2) is 0 Å². The largest absolute Gasteiger partial charge is 0.310 e. The second-order valence-corrected chi connectivity index (χ2v) is 4.93. The molecule has 16 heavy (non-hydrogen) atoms. The van der Waals surface area contributed by atoms with Crippen LogP contribution in [-0.2, 0) is 0 Å². The van der Waals surface area contributed by atoms with E-state index in [9.17, 15) is 0 Å². The van der Waals surface area contributed by atoms with Gasteiger partial charge in [-0.3, -0.25) is 0 Å². The van der Waals surface area contributed by atoms with Crippen LogP contribution in [0.15, 0.2) is 41.4 Å². The van der Waals surface area contributed by atoms with Crippen molar-refractivity contribution < 1.29 is 0 Å². The van der Waals surface area contributed by atoms with Crippen LogP contribution in [-0.4, -0.2) is 6.54 Å². The fourth-order valence-corrected chi connectivity index (χ4v) is 1.87. The molecule has 0 spiro atoms. The molecule has 0 amide bonds. The van der Waals surface area contributed by atoms with Crippen molar-refractivity contribution in [3.8, 4) is 0 Å². The van der Waals surface area contributed by atoms with E-state index in [4.69, 9.17) is 0 Å². The first kappa shape index (κ1) is 13.5. The average Bonchev–Trinajstić information content (AvgIpc) is 2.29. The summed E-state index contributed by atoms with van der Waals surface area (Å²) in [4.78, 5) is 0. The maximum absolute atomic E-state index is 3.72. The summed E-state index contributed by atoms with van der Waals surface area (Å²) in [5.74, 6) is 0. The van der Waals surface area contributed by atoms with E-state index in [0.717, 1.165) is 17.4 Å². The van der Waals surface area contributed by atoms with Gasteiger partial charge in [0.15, 0.2) is 0 Å². The molecule has 0 aliphatic carbocycles. The Balaban J connectivity index is 2.26. The smallest absolute Gasteiger partial charge is 0.0291 e. The van der Waals surface area contributed by atoms with E-state index >= 15 is 0 Å². The predicted octanol–water partition coefficient (Wildman–Crippen LogP) is 4.46. The van der Waals surface area contributed by atoms with Crippen LogP contribution in [0.4, 0.5) is 0 Å². The van der Waals surface area contributed by atoms with Crippen LogP contribution < -0.4 is 5.32 Å². The molecule has 88 valence electrons. The van der Waals surface area contributed by atoms with Gasteiger partial charge in [0, 0.05) is 10.5 Å². The Labute approximate surface area is 107 Å². The van der Waals surface area contributed by atoms with Crippen LogP contribution in [0.2, 0.25) is 0 Å². The van der Waals surface area contributed by atoms with Crippen molar-refractivity contribution in [3.63, 3.8) is 0 Å². The van der Waals surface area contributed by atoms with Crippen molar-refractivity contribution in [2.24, 2.45) is 0 Å². The first-order chi connectivity index (χ1) is 7.74. The van der Waals surface area contributed by atoms with Crippen LogP contribution in [0.3, 0.4) is 0 Å². The molecule has 0 unspecified atom stereocenters. The summed E-state index contributed by atoms with van der Waals surface area (Å²) in [5, 5.41) is 3.53. The summed E-state index contributed by atoms with van der Waals surface area (Å²) >= 11 is 3.45. The van der Waals surface area contributed by atoms with Crippen molar-refractivity contribution >= 4 is 15.9 Å². The maximum atomic E-state index is 3.72. The first-order valence-corrected chi connectivity index (χ1v) is 6.63. The van der Waals surface area contributed by atoms with Crippen LogP contribution in [0.5, 0.6) is 0 Å². The normalized spacial score (nSPS) is 12.4.